The smallest absolute Gasteiger partial charge is 0.249 e. The third-order valence-electron chi connectivity index (χ3n) is 16.0. The van der Waals surface area contributed by atoms with Crippen LogP contribution in [0.4, 0.5) is 0 Å². The van der Waals surface area contributed by atoms with Gasteiger partial charge in [-0.2, -0.15) is 0 Å². The molecule has 1 amide bonds. The van der Waals surface area contributed by atoms with Crippen molar-refractivity contribution in [2.45, 2.75) is 385 Å². The number of hydrogen-bond donors (Lipinski definition) is 5. The van der Waals surface area contributed by atoms with Crippen molar-refractivity contribution in [1.29, 1.82) is 0 Å². The molecule has 4 atom stereocenters. The minimum absolute atomic E-state index is 0.360. The summed E-state index contributed by atoms with van der Waals surface area (Å²) < 4.78 is 0. The molecule has 4 unspecified atom stereocenters. The highest BCUT2D eigenvalue weighted by molar-refractivity contribution is 5.80. The van der Waals surface area contributed by atoms with Crippen LogP contribution in [0.2, 0.25) is 0 Å². The van der Waals surface area contributed by atoms with E-state index in [1.807, 2.05) is 0 Å². The Kier molecular flexibility index (Phi) is 62.6. The number of hydrogen-bond acceptors (Lipinski definition) is 5. The SMILES string of the molecule is CCCCCCCCCCC/C=C\C/C=C\CCCCCCCCCCCCCCCCCCC(O)C(=O)NC(CO)C(O)C(O)CCC/C=C/CC/C=C/CCCCCCCCCCCCCCCCCCCCC. The maximum absolute atomic E-state index is 12.6. The predicted molar refractivity (Wildman–Crippen MR) is 334 cm³/mol. The van der Waals surface area contributed by atoms with E-state index in [0.717, 1.165) is 44.9 Å². The van der Waals surface area contributed by atoms with E-state index in [9.17, 15) is 25.2 Å². The zero-order valence-corrected chi connectivity index (χ0v) is 51.0. The average molecular weight is 1070 g/mol. The molecule has 0 heterocycles. The molecule has 0 radical (unpaired) electrons. The van der Waals surface area contributed by atoms with Crippen molar-refractivity contribution in [3.63, 3.8) is 0 Å². The van der Waals surface area contributed by atoms with E-state index in [-0.39, 0.29) is 0 Å². The molecule has 6 nitrogen and oxygen atoms in total. The van der Waals surface area contributed by atoms with Crippen molar-refractivity contribution in [3.05, 3.63) is 48.6 Å². The molecule has 0 fully saturated rings. The fourth-order valence-corrected chi connectivity index (χ4v) is 10.7. The summed E-state index contributed by atoms with van der Waals surface area (Å²) in [6.07, 6.45) is 83.7. The number of unbranched alkanes of at least 4 members (excludes halogenated alkanes) is 46. The quantitative estimate of drug-likeness (QED) is 0.0308. The second kappa shape index (κ2) is 64.1. The summed E-state index contributed by atoms with van der Waals surface area (Å²) in [6, 6.07) is -1.01. The van der Waals surface area contributed by atoms with Crippen LogP contribution in [0, 0.1) is 0 Å². The third-order valence-corrected chi connectivity index (χ3v) is 16.0. The Labute approximate surface area is 474 Å². The lowest BCUT2D eigenvalue weighted by molar-refractivity contribution is -0.132. The lowest BCUT2D eigenvalue weighted by atomic mass is 10.00. The van der Waals surface area contributed by atoms with Gasteiger partial charge in [0.2, 0.25) is 5.91 Å². The van der Waals surface area contributed by atoms with Gasteiger partial charge in [0, 0.05) is 0 Å². The van der Waals surface area contributed by atoms with Gasteiger partial charge >= 0.3 is 0 Å². The number of nitrogens with one attached hydrogen (secondary N) is 1. The van der Waals surface area contributed by atoms with E-state index in [2.05, 4.69) is 67.8 Å². The van der Waals surface area contributed by atoms with Gasteiger partial charge in [-0.3, -0.25) is 4.79 Å². The average Bonchev–Trinajstić information content (AvgIpc) is 3.42. The van der Waals surface area contributed by atoms with Crippen LogP contribution >= 0.6 is 0 Å². The van der Waals surface area contributed by atoms with E-state index in [1.165, 1.54) is 283 Å². The molecule has 0 aliphatic heterocycles. The zero-order chi connectivity index (χ0) is 55.1. The van der Waals surface area contributed by atoms with Crippen LogP contribution in [0.15, 0.2) is 48.6 Å². The topological polar surface area (TPSA) is 110 Å². The number of carbonyl (C=O) groups is 1. The van der Waals surface area contributed by atoms with Gasteiger partial charge in [0.25, 0.3) is 0 Å². The van der Waals surface area contributed by atoms with E-state index in [1.54, 1.807) is 0 Å². The molecule has 0 spiro atoms. The van der Waals surface area contributed by atoms with Crippen LogP contribution in [-0.2, 0) is 4.79 Å². The Balaban J connectivity index is 3.61. The molecule has 0 rings (SSSR count). The highest BCUT2D eigenvalue weighted by atomic mass is 16.3. The zero-order valence-electron chi connectivity index (χ0n) is 51.0. The molecular weight excluding hydrogens is 935 g/mol. The monoisotopic (exact) mass is 1070 g/mol. The van der Waals surface area contributed by atoms with Crippen molar-refractivity contribution < 1.29 is 25.2 Å². The van der Waals surface area contributed by atoms with Crippen LogP contribution in [0.1, 0.15) is 361 Å². The first-order chi connectivity index (χ1) is 37.5. The van der Waals surface area contributed by atoms with E-state index >= 15 is 0 Å². The fraction of sp³-hybridized carbons (Fsp3) is 0.871. The molecule has 6 heteroatoms. The van der Waals surface area contributed by atoms with Crippen molar-refractivity contribution in [2.24, 2.45) is 0 Å². The van der Waals surface area contributed by atoms with Crippen molar-refractivity contribution in [2.75, 3.05) is 6.61 Å². The summed E-state index contributed by atoms with van der Waals surface area (Å²) in [5, 5.41) is 44.2. The van der Waals surface area contributed by atoms with Crippen LogP contribution in [-0.4, -0.2) is 57.3 Å². The van der Waals surface area contributed by atoms with Crippen LogP contribution in [0.5, 0.6) is 0 Å². The highest BCUT2D eigenvalue weighted by Crippen LogP contribution is 2.18. The molecule has 0 aliphatic carbocycles. The molecule has 5 N–H and O–H groups in total. The third kappa shape index (κ3) is 57.0. The van der Waals surface area contributed by atoms with Gasteiger partial charge in [-0.05, 0) is 83.5 Å². The maximum atomic E-state index is 12.6. The first-order valence-electron chi connectivity index (χ1n) is 34.0. The minimum Gasteiger partial charge on any atom is -0.394 e. The van der Waals surface area contributed by atoms with E-state index < -0.39 is 36.9 Å². The molecule has 0 saturated carbocycles. The Hall–Kier alpha value is -1.73. The van der Waals surface area contributed by atoms with Gasteiger partial charge in [-0.15, -0.1) is 0 Å². The Morgan fingerprint density at radius 2 is 0.592 bits per heavy atom. The van der Waals surface area contributed by atoms with Gasteiger partial charge in [-0.25, -0.2) is 0 Å². The van der Waals surface area contributed by atoms with Crippen molar-refractivity contribution in [3.8, 4) is 0 Å². The molecule has 76 heavy (non-hydrogen) atoms. The fourth-order valence-electron chi connectivity index (χ4n) is 10.7. The normalized spacial score (nSPS) is 13.8. The molecular formula is C70H133NO5. The molecule has 0 aromatic rings. The summed E-state index contributed by atoms with van der Waals surface area (Å²) >= 11 is 0. The van der Waals surface area contributed by atoms with Gasteiger partial charge in [0.05, 0.1) is 18.8 Å². The van der Waals surface area contributed by atoms with Gasteiger partial charge < -0.3 is 25.7 Å². The summed E-state index contributed by atoms with van der Waals surface area (Å²) in [6.45, 7) is 4.08. The molecule has 0 aromatic heterocycles. The Morgan fingerprint density at radius 1 is 0.329 bits per heavy atom. The van der Waals surface area contributed by atoms with E-state index in [4.69, 9.17) is 0 Å². The first-order valence-corrected chi connectivity index (χ1v) is 34.0. The molecule has 0 aromatic carbocycles. The number of aliphatic hydroxyl groups is 4. The number of aliphatic hydroxyl groups excluding tert-OH is 4. The van der Waals surface area contributed by atoms with Crippen LogP contribution in [0.25, 0.3) is 0 Å². The second-order valence-electron chi connectivity index (χ2n) is 23.5. The highest BCUT2D eigenvalue weighted by Gasteiger charge is 2.28. The number of carbonyl (C=O) groups excluding carboxylic acids is 1. The van der Waals surface area contributed by atoms with Crippen LogP contribution < -0.4 is 5.32 Å². The predicted octanol–water partition coefficient (Wildman–Crippen LogP) is 20.9. The lowest BCUT2D eigenvalue weighted by Gasteiger charge is -2.27. The molecule has 448 valence electrons. The largest absolute Gasteiger partial charge is 0.394 e. The van der Waals surface area contributed by atoms with Gasteiger partial charge in [-0.1, -0.05) is 326 Å². The van der Waals surface area contributed by atoms with Gasteiger partial charge in [0.1, 0.15) is 12.2 Å². The number of allylic oxidation sites excluding steroid dienone is 8. The summed E-state index contributed by atoms with van der Waals surface area (Å²) in [7, 11) is 0. The summed E-state index contributed by atoms with van der Waals surface area (Å²) in [5.74, 6) is -0.593. The number of rotatable bonds is 63. The molecule has 0 bridgehead atoms. The molecule has 0 saturated heterocycles. The summed E-state index contributed by atoms with van der Waals surface area (Å²) in [4.78, 5) is 12.6. The lowest BCUT2D eigenvalue weighted by Crippen LogP contribution is -2.53. The maximum Gasteiger partial charge on any atom is 0.249 e. The number of amides is 1. The Bertz CT molecular complexity index is 1250. The Morgan fingerprint density at radius 3 is 0.908 bits per heavy atom. The van der Waals surface area contributed by atoms with Crippen molar-refractivity contribution in [1.82, 2.24) is 5.32 Å². The van der Waals surface area contributed by atoms with Gasteiger partial charge in [0.15, 0.2) is 0 Å². The van der Waals surface area contributed by atoms with Crippen LogP contribution in [0.3, 0.4) is 0 Å². The minimum atomic E-state index is -1.29. The second-order valence-corrected chi connectivity index (χ2v) is 23.5. The summed E-state index contributed by atoms with van der Waals surface area (Å²) in [5.41, 5.74) is 0. The van der Waals surface area contributed by atoms with Crippen molar-refractivity contribution >= 4 is 5.91 Å². The standard InChI is InChI=1S/C70H133NO5/c1-3-5-7-9-11-13-15-17-19-21-23-25-27-29-31-33-34-35-36-38-40-42-44-46-48-50-52-54-56-58-60-62-64-68(74)70(76)71-66(65-72)69(75)67(73)63-61-59-57-55-53-51-49-47-45-43-41-39-37-32-30-28-26-24-22-20-18-16-14-12-10-8-6-4-2/h23,25,29,31,47,49,55,57,66-69,72-75H,3-22,24,26-28,30,32-46,48,50-54,56,58-65H2,1-2H3,(H,71,76)/b25-23-,31-29-,49-47+,57-55+. The molecule has 0 aliphatic rings. The van der Waals surface area contributed by atoms with E-state index in [0.29, 0.717) is 19.3 Å². The first kappa shape index (κ1) is 74.3.